The van der Waals surface area contributed by atoms with Crippen molar-refractivity contribution in [3.63, 3.8) is 0 Å². The van der Waals surface area contributed by atoms with Gasteiger partial charge in [-0.2, -0.15) is 0 Å². The third-order valence-electron chi connectivity index (χ3n) is 3.14. The van der Waals surface area contributed by atoms with E-state index in [1.807, 2.05) is 36.4 Å². The highest BCUT2D eigenvalue weighted by Crippen LogP contribution is 2.24. The molecule has 0 heterocycles. The van der Waals surface area contributed by atoms with E-state index in [0.717, 1.165) is 32.4 Å². The quantitative estimate of drug-likeness (QED) is 0.555. The van der Waals surface area contributed by atoms with Crippen LogP contribution in [-0.4, -0.2) is 6.04 Å². The molecule has 0 aromatic heterocycles. The molecule has 1 unspecified atom stereocenters. The Morgan fingerprint density at radius 3 is 2.40 bits per heavy atom. The largest absolute Gasteiger partial charge is 0.271 e. The Kier molecular flexibility index (Phi) is 6.05. The summed E-state index contributed by atoms with van der Waals surface area (Å²) >= 11 is 13.2. The fourth-order valence-electron chi connectivity index (χ4n) is 2.07. The van der Waals surface area contributed by atoms with E-state index in [4.69, 9.17) is 17.4 Å². The van der Waals surface area contributed by atoms with Crippen molar-refractivity contribution in [2.24, 2.45) is 5.84 Å². The Morgan fingerprint density at radius 2 is 1.75 bits per heavy atom. The Morgan fingerprint density at radius 1 is 1.05 bits per heavy atom. The summed E-state index contributed by atoms with van der Waals surface area (Å²) in [7, 11) is 0. The van der Waals surface area contributed by atoms with Crippen molar-refractivity contribution in [1.82, 2.24) is 5.43 Å². The summed E-state index contributed by atoms with van der Waals surface area (Å²) in [6.45, 7) is 0. The molecule has 0 radical (unpaired) electrons. The van der Waals surface area contributed by atoms with Crippen LogP contribution >= 0.6 is 43.5 Å². The van der Waals surface area contributed by atoms with Gasteiger partial charge < -0.3 is 0 Å². The highest BCUT2D eigenvalue weighted by molar-refractivity contribution is 9.10. The van der Waals surface area contributed by atoms with Crippen LogP contribution < -0.4 is 11.3 Å². The Balaban J connectivity index is 2.11. The average Bonchev–Trinajstić information content (AvgIpc) is 2.43. The van der Waals surface area contributed by atoms with Gasteiger partial charge in [-0.05, 0) is 42.2 Å². The lowest BCUT2D eigenvalue weighted by Gasteiger charge is -2.17. The third-order valence-corrected chi connectivity index (χ3v) is 4.76. The second-order valence-corrected chi connectivity index (χ2v) is 6.78. The van der Waals surface area contributed by atoms with Gasteiger partial charge in [-0.1, -0.05) is 67.7 Å². The first-order valence-electron chi connectivity index (χ1n) is 6.23. The van der Waals surface area contributed by atoms with Crippen LogP contribution in [-0.2, 0) is 12.8 Å². The minimum absolute atomic E-state index is 0.132. The summed E-state index contributed by atoms with van der Waals surface area (Å²) in [4.78, 5) is 0. The lowest BCUT2D eigenvalue weighted by Crippen LogP contribution is -2.38. The van der Waals surface area contributed by atoms with Gasteiger partial charge in [-0.25, -0.2) is 0 Å². The molecule has 1 atom stereocenters. The number of hydrogen-bond acceptors (Lipinski definition) is 2. The topological polar surface area (TPSA) is 38.0 Å². The summed E-state index contributed by atoms with van der Waals surface area (Å²) < 4.78 is 2.08. The molecule has 0 aliphatic heterocycles. The SMILES string of the molecule is NNC(Cc1ccc(Br)cc1Cl)Cc1ccccc1Br. The average molecular weight is 419 g/mol. The van der Waals surface area contributed by atoms with E-state index >= 15 is 0 Å². The van der Waals surface area contributed by atoms with Crippen LogP contribution in [0.4, 0.5) is 0 Å². The van der Waals surface area contributed by atoms with Gasteiger partial charge in [0.05, 0.1) is 0 Å². The second-order valence-electron chi connectivity index (χ2n) is 4.60. The van der Waals surface area contributed by atoms with Crippen LogP contribution in [0.25, 0.3) is 0 Å². The van der Waals surface area contributed by atoms with Crippen LogP contribution in [0.5, 0.6) is 0 Å². The van der Waals surface area contributed by atoms with E-state index in [0.29, 0.717) is 0 Å². The highest BCUT2D eigenvalue weighted by atomic mass is 79.9. The van der Waals surface area contributed by atoms with Crippen LogP contribution in [0.15, 0.2) is 51.4 Å². The van der Waals surface area contributed by atoms with Crippen molar-refractivity contribution in [3.05, 3.63) is 67.6 Å². The molecule has 5 heteroatoms. The summed E-state index contributed by atoms with van der Waals surface area (Å²) in [6.07, 6.45) is 1.62. The van der Waals surface area contributed by atoms with Crippen molar-refractivity contribution >= 4 is 43.5 Å². The number of halogens is 3. The molecular formula is C15H15Br2ClN2. The predicted molar refractivity (Wildman–Crippen MR) is 91.8 cm³/mol. The van der Waals surface area contributed by atoms with Crippen molar-refractivity contribution in [3.8, 4) is 0 Å². The first-order valence-corrected chi connectivity index (χ1v) is 8.20. The van der Waals surface area contributed by atoms with E-state index in [1.54, 1.807) is 0 Å². The Labute approximate surface area is 140 Å². The van der Waals surface area contributed by atoms with E-state index in [1.165, 1.54) is 5.56 Å². The number of hydrogen-bond donors (Lipinski definition) is 2. The zero-order valence-electron chi connectivity index (χ0n) is 10.7. The first-order chi connectivity index (χ1) is 9.60. The maximum absolute atomic E-state index is 6.26. The third kappa shape index (κ3) is 4.30. The molecule has 3 N–H and O–H groups in total. The molecule has 0 bridgehead atoms. The van der Waals surface area contributed by atoms with Crippen LogP contribution in [0.1, 0.15) is 11.1 Å². The molecule has 0 aliphatic carbocycles. The lowest BCUT2D eigenvalue weighted by atomic mass is 9.99. The Hall–Kier alpha value is -0.390. The fourth-order valence-corrected chi connectivity index (χ4v) is 3.27. The van der Waals surface area contributed by atoms with Gasteiger partial charge in [-0.3, -0.25) is 11.3 Å². The number of benzene rings is 2. The number of hydrazine groups is 1. The maximum Gasteiger partial charge on any atom is 0.0449 e. The molecule has 2 aromatic rings. The van der Waals surface area contributed by atoms with Crippen LogP contribution in [0.3, 0.4) is 0 Å². The smallest absolute Gasteiger partial charge is 0.0449 e. The molecule has 0 fully saturated rings. The minimum Gasteiger partial charge on any atom is -0.271 e. The fraction of sp³-hybridized carbons (Fsp3) is 0.200. The molecule has 20 heavy (non-hydrogen) atoms. The molecule has 0 saturated heterocycles. The van der Waals surface area contributed by atoms with E-state index in [-0.39, 0.29) is 6.04 Å². The predicted octanol–water partition coefficient (Wildman–Crippen LogP) is 4.48. The van der Waals surface area contributed by atoms with Gasteiger partial charge in [0, 0.05) is 20.0 Å². The van der Waals surface area contributed by atoms with E-state index in [9.17, 15) is 0 Å². The molecule has 2 rings (SSSR count). The standard InChI is InChI=1S/C15H15Br2ClN2/c16-12-6-5-11(15(18)9-12)8-13(20-19)7-10-3-1-2-4-14(10)17/h1-6,9,13,20H,7-8,19H2. The van der Waals surface area contributed by atoms with Gasteiger partial charge in [0.25, 0.3) is 0 Å². The van der Waals surface area contributed by atoms with Gasteiger partial charge in [0.2, 0.25) is 0 Å². The van der Waals surface area contributed by atoms with Gasteiger partial charge in [0.15, 0.2) is 0 Å². The molecule has 106 valence electrons. The summed E-state index contributed by atoms with van der Waals surface area (Å²) in [6, 6.07) is 14.2. The first kappa shape index (κ1) is 16.0. The minimum atomic E-state index is 0.132. The second kappa shape index (κ2) is 7.57. The normalized spacial score (nSPS) is 12.4. The lowest BCUT2D eigenvalue weighted by molar-refractivity contribution is 0.522. The van der Waals surface area contributed by atoms with Crippen molar-refractivity contribution in [1.29, 1.82) is 0 Å². The van der Waals surface area contributed by atoms with E-state index in [2.05, 4.69) is 43.4 Å². The monoisotopic (exact) mass is 416 g/mol. The molecule has 2 aromatic carbocycles. The highest BCUT2D eigenvalue weighted by Gasteiger charge is 2.12. The molecule has 0 amide bonds. The number of nitrogens with two attached hydrogens (primary N) is 1. The van der Waals surface area contributed by atoms with Crippen LogP contribution in [0, 0.1) is 0 Å². The van der Waals surface area contributed by atoms with Gasteiger partial charge in [0.1, 0.15) is 0 Å². The number of rotatable bonds is 5. The summed E-state index contributed by atoms with van der Waals surface area (Å²) in [5.74, 6) is 5.68. The van der Waals surface area contributed by atoms with Gasteiger partial charge >= 0.3 is 0 Å². The number of nitrogens with one attached hydrogen (secondary N) is 1. The maximum atomic E-state index is 6.26. The molecule has 0 saturated carbocycles. The van der Waals surface area contributed by atoms with Crippen molar-refractivity contribution < 1.29 is 0 Å². The summed E-state index contributed by atoms with van der Waals surface area (Å²) in [5, 5.41) is 0.756. The van der Waals surface area contributed by atoms with Crippen molar-refractivity contribution in [2.75, 3.05) is 0 Å². The van der Waals surface area contributed by atoms with Gasteiger partial charge in [-0.15, -0.1) is 0 Å². The Bertz CT molecular complexity index is 590. The molecule has 0 spiro atoms. The van der Waals surface area contributed by atoms with Crippen molar-refractivity contribution in [2.45, 2.75) is 18.9 Å². The molecule has 0 aliphatic rings. The zero-order chi connectivity index (χ0) is 14.5. The van der Waals surface area contributed by atoms with Crippen LogP contribution in [0.2, 0.25) is 5.02 Å². The summed E-state index contributed by atoms with van der Waals surface area (Å²) in [5.41, 5.74) is 5.19. The zero-order valence-corrected chi connectivity index (χ0v) is 14.7. The van der Waals surface area contributed by atoms with E-state index < -0.39 is 0 Å². The molecule has 2 nitrogen and oxygen atoms in total. The molecular weight excluding hydrogens is 403 g/mol.